The molecule has 0 saturated carbocycles. The molecule has 0 aromatic heterocycles. The smallest absolute Gasteiger partial charge is 0.224 e. The number of carbonyl (C=O) groups is 1. The van der Waals surface area contributed by atoms with Gasteiger partial charge < -0.3 is 20.1 Å². The van der Waals surface area contributed by atoms with Crippen molar-refractivity contribution in [1.29, 1.82) is 0 Å². The van der Waals surface area contributed by atoms with Crippen LogP contribution in [0.4, 0.5) is 5.69 Å². The minimum Gasteiger partial charge on any atom is -0.496 e. The quantitative estimate of drug-likeness (QED) is 0.830. The summed E-state index contributed by atoms with van der Waals surface area (Å²) in [6, 6.07) is 5.61. The van der Waals surface area contributed by atoms with Gasteiger partial charge in [0.25, 0.3) is 0 Å². The number of benzene rings is 1. The summed E-state index contributed by atoms with van der Waals surface area (Å²) in [4.78, 5) is 13.6. The van der Waals surface area contributed by atoms with E-state index in [1.807, 2.05) is 37.1 Å². The minimum atomic E-state index is -0.640. The van der Waals surface area contributed by atoms with Crippen molar-refractivity contribution in [2.24, 2.45) is 5.92 Å². The first kappa shape index (κ1) is 16.3. The van der Waals surface area contributed by atoms with Crippen molar-refractivity contribution in [1.82, 2.24) is 5.32 Å². The van der Waals surface area contributed by atoms with E-state index < -0.39 is 6.10 Å². The topological polar surface area (TPSA) is 61.8 Å². The van der Waals surface area contributed by atoms with Gasteiger partial charge in [0, 0.05) is 31.9 Å². The lowest BCUT2D eigenvalue weighted by Gasteiger charge is -2.27. The van der Waals surface area contributed by atoms with Crippen molar-refractivity contribution >= 4 is 11.6 Å². The molecule has 0 spiro atoms. The maximum atomic E-state index is 11.6. The molecule has 2 N–H and O–H groups in total. The van der Waals surface area contributed by atoms with Crippen LogP contribution in [0.2, 0.25) is 0 Å². The van der Waals surface area contributed by atoms with Crippen LogP contribution in [-0.2, 0) is 4.79 Å². The van der Waals surface area contributed by atoms with Gasteiger partial charge in [-0.1, -0.05) is 13.0 Å². The highest BCUT2D eigenvalue weighted by molar-refractivity contribution is 5.78. The van der Waals surface area contributed by atoms with Crippen LogP contribution in [0.25, 0.3) is 0 Å². The predicted molar refractivity (Wildman–Crippen MR) is 80.1 cm³/mol. The van der Waals surface area contributed by atoms with Gasteiger partial charge in [-0.2, -0.15) is 0 Å². The monoisotopic (exact) mass is 280 g/mol. The molecular formula is C15H24N2O3. The summed E-state index contributed by atoms with van der Waals surface area (Å²) in [6.45, 7) is 4.14. The van der Waals surface area contributed by atoms with Crippen LogP contribution in [0.5, 0.6) is 5.75 Å². The van der Waals surface area contributed by atoms with Crippen LogP contribution in [0.1, 0.15) is 25.5 Å². The summed E-state index contributed by atoms with van der Waals surface area (Å²) in [5.41, 5.74) is 1.61. The fraction of sp³-hybridized carbons (Fsp3) is 0.533. The normalized spacial score (nSPS) is 13.5. The second-order valence-corrected chi connectivity index (χ2v) is 4.96. The Morgan fingerprint density at radius 1 is 1.45 bits per heavy atom. The third-order valence-electron chi connectivity index (χ3n) is 3.33. The number of aliphatic hydroxyl groups is 1. The number of anilines is 1. The van der Waals surface area contributed by atoms with Gasteiger partial charge in [0.15, 0.2) is 0 Å². The Bertz CT molecular complexity index is 460. The van der Waals surface area contributed by atoms with Crippen molar-refractivity contribution in [3.8, 4) is 5.75 Å². The molecule has 1 rings (SSSR count). The zero-order valence-electron chi connectivity index (χ0n) is 12.8. The summed E-state index contributed by atoms with van der Waals surface area (Å²) < 4.78 is 5.31. The first-order chi connectivity index (χ1) is 9.42. The first-order valence-electron chi connectivity index (χ1n) is 6.70. The zero-order valence-corrected chi connectivity index (χ0v) is 12.8. The molecule has 1 unspecified atom stereocenters. The summed E-state index contributed by atoms with van der Waals surface area (Å²) in [5, 5.41) is 12.6. The lowest BCUT2D eigenvalue weighted by molar-refractivity contribution is -0.123. The van der Waals surface area contributed by atoms with E-state index in [-0.39, 0.29) is 11.8 Å². The molecule has 1 aromatic carbocycles. The van der Waals surface area contributed by atoms with Crippen LogP contribution in [-0.4, -0.2) is 38.8 Å². The summed E-state index contributed by atoms with van der Waals surface area (Å²) in [5.74, 6) is 0.508. The maximum Gasteiger partial charge on any atom is 0.224 e. The van der Waals surface area contributed by atoms with Crippen LogP contribution in [0.15, 0.2) is 18.2 Å². The highest BCUT2D eigenvalue weighted by Gasteiger charge is 2.20. The Morgan fingerprint density at radius 3 is 2.60 bits per heavy atom. The van der Waals surface area contributed by atoms with E-state index in [1.165, 1.54) is 0 Å². The standard InChI is InChI=1S/C15H24N2O3/c1-10(15(19)16-3)9-17(4)12-7-6-8-13(20-5)14(12)11(2)18/h6-8,10-11,18H,9H2,1-5H3,(H,16,19)/t10?,11-/m1/s1. The number of nitrogens with zero attached hydrogens (tertiary/aromatic N) is 1. The van der Waals surface area contributed by atoms with Crippen molar-refractivity contribution in [2.75, 3.05) is 32.6 Å². The molecule has 0 radical (unpaired) electrons. The van der Waals surface area contributed by atoms with Crippen LogP contribution < -0.4 is 15.0 Å². The second kappa shape index (κ2) is 7.14. The van der Waals surface area contributed by atoms with Crippen molar-refractivity contribution < 1.29 is 14.6 Å². The van der Waals surface area contributed by atoms with Crippen molar-refractivity contribution in [2.45, 2.75) is 20.0 Å². The number of ether oxygens (including phenoxy) is 1. The van der Waals surface area contributed by atoms with Gasteiger partial charge in [-0.3, -0.25) is 4.79 Å². The third-order valence-corrected chi connectivity index (χ3v) is 3.33. The molecule has 0 aliphatic carbocycles. The van der Waals surface area contributed by atoms with E-state index in [4.69, 9.17) is 4.74 Å². The molecule has 0 bridgehead atoms. The molecule has 5 nitrogen and oxygen atoms in total. The van der Waals surface area contributed by atoms with Gasteiger partial charge in [0.05, 0.1) is 19.1 Å². The number of nitrogens with one attached hydrogen (secondary N) is 1. The molecule has 0 aliphatic heterocycles. The lowest BCUT2D eigenvalue weighted by atomic mass is 10.0. The summed E-state index contributed by atoms with van der Waals surface area (Å²) in [7, 11) is 5.11. The predicted octanol–water partition coefficient (Wildman–Crippen LogP) is 1.57. The van der Waals surface area contributed by atoms with Gasteiger partial charge in [0.1, 0.15) is 5.75 Å². The number of hydrogen-bond donors (Lipinski definition) is 2. The molecule has 1 amide bonds. The lowest BCUT2D eigenvalue weighted by Crippen LogP contribution is -2.34. The van der Waals surface area contributed by atoms with E-state index in [9.17, 15) is 9.90 Å². The van der Waals surface area contributed by atoms with Crippen LogP contribution in [0, 0.1) is 5.92 Å². The number of hydrogen-bond acceptors (Lipinski definition) is 4. The molecule has 0 saturated heterocycles. The fourth-order valence-corrected chi connectivity index (χ4v) is 2.30. The fourth-order valence-electron chi connectivity index (χ4n) is 2.30. The largest absolute Gasteiger partial charge is 0.496 e. The van der Waals surface area contributed by atoms with Crippen molar-refractivity contribution in [3.63, 3.8) is 0 Å². The van der Waals surface area contributed by atoms with Crippen molar-refractivity contribution in [3.05, 3.63) is 23.8 Å². The molecule has 0 heterocycles. The number of amides is 1. The molecule has 2 atom stereocenters. The van der Waals surface area contributed by atoms with Crippen LogP contribution in [0.3, 0.4) is 0 Å². The summed E-state index contributed by atoms with van der Waals surface area (Å²) >= 11 is 0. The molecular weight excluding hydrogens is 256 g/mol. The Labute approximate surface area is 120 Å². The first-order valence-corrected chi connectivity index (χ1v) is 6.70. The average molecular weight is 280 g/mol. The highest BCUT2D eigenvalue weighted by Crippen LogP contribution is 2.34. The molecule has 1 aromatic rings. The number of methoxy groups -OCH3 is 1. The summed E-state index contributed by atoms with van der Waals surface area (Å²) in [6.07, 6.45) is -0.640. The number of aliphatic hydroxyl groups excluding tert-OH is 1. The van der Waals surface area contributed by atoms with E-state index in [2.05, 4.69) is 5.32 Å². The Kier molecular flexibility index (Phi) is 5.82. The van der Waals surface area contributed by atoms with Gasteiger partial charge in [-0.05, 0) is 19.1 Å². The van der Waals surface area contributed by atoms with E-state index >= 15 is 0 Å². The molecule has 0 fully saturated rings. The second-order valence-electron chi connectivity index (χ2n) is 4.96. The van der Waals surface area contributed by atoms with Gasteiger partial charge in [0.2, 0.25) is 5.91 Å². The number of carbonyl (C=O) groups excluding carboxylic acids is 1. The van der Waals surface area contributed by atoms with E-state index in [1.54, 1.807) is 21.1 Å². The van der Waals surface area contributed by atoms with Gasteiger partial charge >= 0.3 is 0 Å². The Balaban J connectivity index is 3.03. The molecule has 5 heteroatoms. The Hall–Kier alpha value is -1.75. The van der Waals surface area contributed by atoms with Gasteiger partial charge in [-0.25, -0.2) is 0 Å². The molecule has 20 heavy (non-hydrogen) atoms. The maximum absolute atomic E-state index is 11.6. The molecule has 112 valence electrons. The van der Waals surface area contributed by atoms with E-state index in [0.29, 0.717) is 12.3 Å². The third kappa shape index (κ3) is 3.63. The molecule has 0 aliphatic rings. The highest BCUT2D eigenvalue weighted by atomic mass is 16.5. The minimum absolute atomic E-state index is 0.00153. The number of rotatable bonds is 6. The average Bonchev–Trinajstić information content (AvgIpc) is 2.44. The Morgan fingerprint density at radius 2 is 2.10 bits per heavy atom. The van der Waals surface area contributed by atoms with E-state index in [0.717, 1.165) is 11.3 Å². The SMILES string of the molecule is CNC(=O)C(C)CN(C)c1cccc(OC)c1[C@@H](C)O. The van der Waals surface area contributed by atoms with Gasteiger partial charge in [-0.15, -0.1) is 0 Å². The zero-order chi connectivity index (χ0) is 15.3. The van der Waals surface area contributed by atoms with Crippen LogP contribution >= 0.6 is 0 Å².